The maximum absolute atomic E-state index is 13.3. The molecule has 1 aromatic heterocycles. The van der Waals surface area contributed by atoms with E-state index in [1.807, 2.05) is 0 Å². The summed E-state index contributed by atoms with van der Waals surface area (Å²) in [6.07, 6.45) is 3.17. The Labute approximate surface area is 131 Å². The Morgan fingerprint density at radius 2 is 2.00 bits per heavy atom. The molecule has 1 heterocycles. The normalized spacial score (nSPS) is 11.5. The number of rotatable bonds is 4. The lowest BCUT2D eigenvalue weighted by Gasteiger charge is -2.20. The molecule has 4 nitrogen and oxygen atoms in total. The minimum atomic E-state index is -0.377. The monoisotopic (exact) mass is 353 g/mol. The molecule has 0 fully saturated rings. The van der Waals surface area contributed by atoms with Crippen molar-refractivity contribution in [2.75, 3.05) is 0 Å². The smallest absolute Gasteiger partial charge is 0.238 e. The molecule has 0 atom stereocenters. The number of hydrogen-bond acceptors (Lipinski definition) is 4. The fraction of sp³-hybridized carbons (Fsp3) is 0.333. The van der Waals surface area contributed by atoms with Crippen LogP contribution in [0.1, 0.15) is 26.5 Å². The number of aromatic nitrogens is 2. The molecule has 0 saturated heterocycles. The molecule has 0 aliphatic carbocycles. The quantitative estimate of drug-likeness (QED) is 0.900. The van der Waals surface area contributed by atoms with Crippen molar-refractivity contribution in [3.05, 3.63) is 46.6 Å². The molecule has 21 heavy (non-hydrogen) atoms. The van der Waals surface area contributed by atoms with Crippen molar-refractivity contribution in [1.82, 2.24) is 15.3 Å². The van der Waals surface area contributed by atoms with E-state index in [2.05, 4.69) is 52.0 Å². The first-order valence-corrected chi connectivity index (χ1v) is 7.31. The molecule has 0 spiro atoms. The SMILES string of the molecule is CC(C)(C)NCc1cncc(Oc2cc(F)cc(Br)c2)n1. The molecule has 2 rings (SSSR count). The predicted molar refractivity (Wildman–Crippen MR) is 82.8 cm³/mol. The third-order valence-electron chi connectivity index (χ3n) is 2.52. The summed E-state index contributed by atoms with van der Waals surface area (Å²) in [4.78, 5) is 8.44. The summed E-state index contributed by atoms with van der Waals surface area (Å²) in [5.74, 6) is 0.329. The van der Waals surface area contributed by atoms with Crippen LogP contribution in [0.4, 0.5) is 4.39 Å². The molecule has 0 amide bonds. The van der Waals surface area contributed by atoms with Crippen molar-refractivity contribution < 1.29 is 9.13 Å². The Morgan fingerprint density at radius 1 is 1.24 bits per heavy atom. The lowest BCUT2D eigenvalue weighted by Crippen LogP contribution is -2.35. The second kappa shape index (κ2) is 6.49. The van der Waals surface area contributed by atoms with Crippen molar-refractivity contribution in [3.63, 3.8) is 0 Å². The summed E-state index contributed by atoms with van der Waals surface area (Å²) >= 11 is 3.22. The Bertz CT molecular complexity index is 608. The van der Waals surface area contributed by atoms with Gasteiger partial charge in [-0.1, -0.05) is 15.9 Å². The maximum atomic E-state index is 13.3. The first-order chi connectivity index (χ1) is 9.82. The Kier molecular flexibility index (Phi) is 4.90. The average Bonchev–Trinajstić information content (AvgIpc) is 2.35. The van der Waals surface area contributed by atoms with Gasteiger partial charge in [0.2, 0.25) is 5.88 Å². The van der Waals surface area contributed by atoms with E-state index in [1.54, 1.807) is 12.3 Å². The van der Waals surface area contributed by atoms with E-state index in [9.17, 15) is 4.39 Å². The van der Waals surface area contributed by atoms with E-state index < -0.39 is 0 Å². The Balaban J connectivity index is 2.10. The minimum Gasteiger partial charge on any atom is -0.437 e. The molecule has 1 aromatic carbocycles. The van der Waals surface area contributed by atoms with Gasteiger partial charge < -0.3 is 10.1 Å². The standard InChI is InChI=1S/C15H17BrFN3O/c1-15(2,3)19-8-12-7-18-9-14(20-12)21-13-5-10(16)4-11(17)6-13/h4-7,9,19H,8H2,1-3H3. The van der Waals surface area contributed by atoms with Gasteiger partial charge in [0, 0.05) is 28.8 Å². The fourth-order valence-electron chi connectivity index (χ4n) is 1.58. The number of benzene rings is 1. The molecule has 0 radical (unpaired) electrons. The first kappa shape index (κ1) is 15.9. The molecule has 0 saturated carbocycles. The van der Waals surface area contributed by atoms with Crippen LogP contribution >= 0.6 is 15.9 Å². The summed E-state index contributed by atoms with van der Waals surface area (Å²) in [7, 11) is 0. The second-order valence-electron chi connectivity index (χ2n) is 5.66. The van der Waals surface area contributed by atoms with Crippen LogP contribution in [0, 0.1) is 5.82 Å². The van der Waals surface area contributed by atoms with E-state index in [0.717, 1.165) is 5.69 Å². The van der Waals surface area contributed by atoms with Gasteiger partial charge in [-0.05, 0) is 32.9 Å². The third-order valence-corrected chi connectivity index (χ3v) is 2.98. The van der Waals surface area contributed by atoms with Gasteiger partial charge in [0.25, 0.3) is 0 Å². The van der Waals surface area contributed by atoms with Gasteiger partial charge >= 0.3 is 0 Å². The molecular formula is C15H17BrFN3O. The van der Waals surface area contributed by atoms with Gasteiger partial charge in [-0.3, -0.25) is 4.98 Å². The lowest BCUT2D eigenvalue weighted by atomic mass is 10.1. The van der Waals surface area contributed by atoms with Crippen LogP contribution in [0.5, 0.6) is 11.6 Å². The number of ether oxygens (including phenoxy) is 1. The highest BCUT2D eigenvalue weighted by molar-refractivity contribution is 9.10. The highest BCUT2D eigenvalue weighted by Crippen LogP contribution is 2.24. The van der Waals surface area contributed by atoms with Crippen LogP contribution in [0.3, 0.4) is 0 Å². The third kappa shape index (κ3) is 5.40. The largest absolute Gasteiger partial charge is 0.437 e. The van der Waals surface area contributed by atoms with E-state index in [0.29, 0.717) is 22.6 Å². The van der Waals surface area contributed by atoms with Crippen molar-refractivity contribution in [2.45, 2.75) is 32.9 Å². The highest BCUT2D eigenvalue weighted by Gasteiger charge is 2.10. The van der Waals surface area contributed by atoms with Gasteiger partial charge in [0.05, 0.1) is 11.9 Å². The Hall–Kier alpha value is -1.53. The topological polar surface area (TPSA) is 47.0 Å². The molecule has 0 unspecified atom stereocenters. The molecule has 1 N–H and O–H groups in total. The van der Waals surface area contributed by atoms with Crippen molar-refractivity contribution in [3.8, 4) is 11.6 Å². The fourth-order valence-corrected chi connectivity index (χ4v) is 2.03. The molecule has 0 aliphatic rings. The predicted octanol–water partition coefficient (Wildman–Crippen LogP) is 4.06. The van der Waals surface area contributed by atoms with E-state index in [-0.39, 0.29) is 11.4 Å². The van der Waals surface area contributed by atoms with Gasteiger partial charge in [-0.15, -0.1) is 0 Å². The first-order valence-electron chi connectivity index (χ1n) is 6.52. The van der Waals surface area contributed by atoms with Crippen LogP contribution in [-0.4, -0.2) is 15.5 Å². The van der Waals surface area contributed by atoms with Crippen LogP contribution in [-0.2, 0) is 6.54 Å². The summed E-state index contributed by atoms with van der Waals surface area (Å²) < 4.78 is 19.5. The van der Waals surface area contributed by atoms with E-state index in [1.165, 1.54) is 18.3 Å². The molecule has 2 aromatic rings. The molecule has 0 aliphatic heterocycles. The number of nitrogens with one attached hydrogen (secondary N) is 1. The summed E-state index contributed by atoms with van der Waals surface area (Å²) in [6, 6.07) is 4.33. The molecule has 112 valence electrons. The molecular weight excluding hydrogens is 337 g/mol. The Morgan fingerprint density at radius 3 is 2.67 bits per heavy atom. The van der Waals surface area contributed by atoms with Gasteiger partial charge in [0.15, 0.2) is 0 Å². The average molecular weight is 354 g/mol. The van der Waals surface area contributed by atoms with Gasteiger partial charge in [-0.2, -0.15) is 0 Å². The van der Waals surface area contributed by atoms with Crippen LogP contribution in [0.25, 0.3) is 0 Å². The number of hydrogen-bond donors (Lipinski definition) is 1. The summed E-state index contributed by atoms with van der Waals surface area (Å²) in [5, 5.41) is 3.32. The van der Waals surface area contributed by atoms with E-state index in [4.69, 9.17) is 4.74 Å². The zero-order chi connectivity index (χ0) is 15.5. The lowest BCUT2D eigenvalue weighted by molar-refractivity contribution is 0.414. The minimum absolute atomic E-state index is 0.00797. The van der Waals surface area contributed by atoms with Crippen LogP contribution < -0.4 is 10.1 Å². The summed E-state index contributed by atoms with van der Waals surface area (Å²) in [5.41, 5.74) is 0.754. The second-order valence-corrected chi connectivity index (χ2v) is 6.58. The van der Waals surface area contributed by atoms with Crippen LogP contribution in [0.2, 0.25) is 0 Å². The van der Waals surface area contributed by atoms with Crippen molar-refractivity contribution >= 4 is 15.9 Å². The summed E-state index contributed by atoms with van der Waals surface area (Å²) in [6.45, 7) is 6.81. The highest BCUT2D eigenvalue weighted by atomic mass is 79.9. The van der Waals surface area contributed by atoms with E-state index >= 15 is 0 Å². The van der Waals surface area contributed by atoms with Crippen LogP contribution in [0.15, 0.2) is 35.1 Å². The van der Waals surface area contributed by atoms with Crippen molar-refractivity contribution in [2.24, 2.45) is 0 Å². The van der Waals surface area contributed by atoms with Gasteiger partial charge in [-0.25, -0.2) is 9.37 Å². The molecule has 6 heteroatoms. The maximum Gasteiger partial charge on any atom is 0.238 e. The van der Waals surface area contributed by atoms with Crippen molar-refractivity contribution in [1.29, 1.82) is 0 Å². The molecule has 0 bridgehead atoms. The zero-order valence-corrected chi connectivity index (χ0v) is 13.7. The number of nitrogens with zero attached hydrogens (tertiary/aromatic N) is 2. The zero-order valence-electron chi connectivity index (χ0n) is 12.2. The number of halogens is 2. The van der Waals surface area contributed by atoms with Gasteiger partial charge in [0.1, 0.15) is 11.6 Å².